The van der Waals surface area contributed by atoms with Gasteiger partial charge in [-0.05, 0) is 56.8 Å². The van der Waals surface area contributed by atoms with Crippen molar-refractivity contribution in [3.05, 3.63) is 24.3 Å². The van der Waals surface area contributed by atoms with Crippen LogP contribution >= 0.6 is 0 Å². The first-order valence-electron chi connectivity index (χ1n) is 13.1. The second-order valence-electron chi connectivity index (χ2n) is 10.1. The Bertz CT molecular complexity index is 946. The number of ether oxygens (including phenoxy) is 1. The van der Waals surface area contributed by atoms with E-state index < -0.39 is 5.85 Å². The number of likely N-dealkylation sites (tertiary alicyclic amines) is 1. The van der Waals surface area contributed by atoms with Gasteiger partial charge in [-0.15, -0.1) is 0 Å². The number of likely N-dealkylation sites (N-methyl/N-ethyl adjacent to an activating group) is 1. The standard InChI is InChI=1S/C26H40FN7O/c1-4-34-15-9-13-21(34)18-29-24-31-23(28-17-19-10-6-5-7-11-19)32-25(33-24)30-20-12-8-14-22(16-20)35-26(2,3)27/h8,12,14,16,19,21H,4-7,9-11,13,15,17-18H2,1-3H3,(H3,28,29,30,31,32,33). The van der Waals surface area contributed by atoms with Crippen LogP contribution in [0, 0.1) is 5.92 Å². The summed E-state index contributed by atoms with van der Waals surface area (Å²) in [4.78, 5) is 16.4. The number of alkyl halides is 1. The van der Waals surface area contributed by atoms with Crippen molar-refractivity contribution in [2.24, 2.45) is 5.92 Å². The topological polar surface area (TPSA) is 87.2 Å². The molecule has 0 radical (unpaired) electrons. The lowest BCUT2D eigenvalue weighted by Gasteiger charge is -2.23. The van der Waals surface area contributed by atoms with Crippen LogP contribution in [-0.2, 0) is 0 Å². The summed E-state index contributed by atoms with van der Waals surface area (Å²) in [6, 6.07) is 7.65. The predicted molar refractivity (Wildman–Crippen MR) is 139 cm³/mol. The number of nitrogens with zero attached hydrogens (tertiary/aromatic N) is 4. The molecule has 192 valence electrons. The zero-order chi connectivity index (χ0) is 24.7. The second kappa shape index (κ2) is 11.8. The quantitative estimate of drug-likeness (QED) is 0.380. The van der Waals surface area contributed by atoms with Crippen molar-refractivity contribution in [3.63, 3.8) is 0 Å². The third-order valence-corrected chi connectivity index (χ3v) is 6.76. The summed E-state index contributed by atoms with van der Waals surface area (Å²) in [7, 11) is 0. The van der Waals surface area contributed by atoms with Crippen molar-refractivity contribution in [2.75, 3.05) is 42.1 Å². The van der Waals surface area contributed by atoms with Crippen LogP contribution in [0.4, 0.5) is 27.9 Å². The van der Waals surface area contributed by atoms with Crippen LogP contribution in [0.2, 0.25) is 0 Å². The van der Waals surface area contributed by atoms with Gasteiger partial charge in [0.05, 0.1) is 0 Å². The maximum absolute atomic E-state index is 13.9. The molecule has 1 saturated carbocycles. The Kier molecular flexibility index (Phi) is 8.59. The minimum Gasteiger partial charge on any atom is -0.458 e. The number of aromatic nitrogens is 3. The van der Waals surface area contributed by atoms with Crippen molar-refractivity contribution in [1.82, 2.24) is 19.9 Å². The van der Waals surface area contributed by atoms with E-state index in [0.29, 0.717) is 35.6 Å². The summed E-state index contributed by atoms with van der Waals surface area (Å²) in [5, 5.41) is 10.1. The summed E-state index contributed by atoms with van der Waals surface area (Å²) in [5.41, 5.74) is 0.718. The van der Waals surface area contributed by atoms with E-state index in [0.717, 1.165) is 31.9 Å². The fourth-order valence-corrected chi connectivity index (χ4v) is 5.02. The molecule has 9 heteroatoms. The lowest BCUT2D eigenvalue weighted by molar-refractivity contribution is -0.0256. The van der Waals surface area contributed by atoms with Crippen molar-refractivity contribution in [1.29, 1.82) is 0 Å². The summed E-state index contributed by atoms with van der Waals surface area (Å²) in [6.45, 7) is 8.83. The molecule has 4 rings (SSSR count). The molecule has 3 N–H and O–H groups in total. The number of nitrogens with one attached hydrogen (secondary N) is 3. The number of hydrogen-bond acceptors (Lipinski definition) is 8. The highest BCUT2D eigenvalue weighted by atomic mass is 19.2. The summed E-state index contributed by atoms with van der Waals surface area (Å²) < 4.78 is 19.3. The lowest BCUT2D eigenvalue weighted by Crippen LogP contribution is -2.35. The van der Waals surface area contributed by atoms with E-state index in [2.05, 4.69) is 42.7 Å². The van der Waals surface area contributed by atoms with Gasteiger partial charge in [0.25, 0.3) is 0 Å². The van der Waals surface area contributed by atoms with Gasteiger partial charge < -0.3 is 20.7 Å². The molecule has 35 heavy (non-hydrogen) atoms. The maximum atomic E-state index is 13.9. The first-order chi connectivity index (χ1) is 16.9. The average Bonchev–Trinajstić information content (AvgIpc) is 3.29. The maximum Gasteiger partial charge on any atom is 0.242 e. The fourth-order valence-electron chi connectivity index (χ4n) is 5.02. The highest BCUT2D eigenvalue weighted by Gasteiger charge is 2.23. The van der Waals surface area contributed by atoms with E-state index in [9.17, 15) is 4.39 Å². The number of rotatable bonds is 11. The minimum absolute atomic E-state index is 0.434. The first-order valence-corrected chi connectivity index (χ1v) is 13.1. The van der Waals surface area contributed by atoms with Crippen LogP contribution in [0.15, 0.2) is 24.3 Å². The first kappa shape index (κ1) is 25.4. The van der Waals surface area contributed by atoms with Gasteiger partial charge in [0, 0.05) is 44.7 Å². The number of benzene rings is 1. The number of hydrogen-bond donors (Lipinski definition) is 3. The molecule has 2 aliphatic rings. The molecule has 1 aliphatic carbocycles. The zero-order valence-electron chi connectivity index (χ0n) is 21.3. The number of anilines is 4. The van der Waals surface area contributed by atoms with Crippen LogP contribution in [0.3, 0.4) is 0 Å². The molecule has 0 bridgehead atoms. The monoisotopic (exact) mass is 485 g/mol. The van der Waals surface area contributed by atoms with Crippen LogP contribution in [0.1, 0.15) is 65.7 Å². The van der Waals surface area contributed by atoms with Gasteiger partial charge in [0.15, 0.2) is 0 Å². The molecule has 2 aromatic rings. The number of halogens is 1. The molecular formula is C26H40FN7O. The molecule has 1 atom stereocenters. The normalized spacial score (nSPS) is 19.5. The van der Waals surface area contributed by atoms with Gasteiger partial charge >= 0.3 is 0 Å². The van der Waals surface area contributed by atoms with Crippen LogP contribution in [0.25, 0.3) is 0 Å². The molecule has 1 aromatic heterocycles. The van der Waals surface area contributed by atoms with E-state index in [1.165, 1.54) is 58.8 Å². The SMILES string of the molecule is CCN1CCCC1CNc1nc(NCC2CCCCC2)nc(Nc2cccc(OC(C)(C)F)c2)n1. The van der Waals surface area contributed by atoms with E-state index in [1.807, 2.05) is 12.1 Å². The highest BCUT2D eigenvalue weighted by Crippen LogP contribution is 2.26. The van der Waals surface area contributed by atoms with E-state index in [1.54, 1.807) is 12.1 Å². The minimum atomic E-state index is -1.76. The van der Waals surface area contributed by atoms with Gasteiger partial charge in [-0.25, -0.2) is 0 Å². The Hall–Kier alpha value is -2.68. The summed E-state index contributed by atoms with van der Waals surface area (Å²) >= 11 is 0. The Morgan fingerprint density at radius 3 is 2.40 bits per heavy atom. The lowest BCUT2D eigenvalue weighted by atomic mass is 9.89. The molecule has 1 aliphatic heterocycles. The van der Waals surface area contributed by atoms with Crippen molar-refractivity contribution >= 4 is 23.5 Å². The predicted octanol–water partition coefficient (Wildman–Crippen LogP) is 5.59. The fraction of sp³-hybridized carbons (Fsp3) is 0.654. The van der Waals surface area contributed by atoms with Crippen LogP contribution in [-0.4, -0.2) is 57.9 Å². The second-order valence-corrected chi connectivity index (χ2v) is 10.1. The molecule has 1 unspecified atom stereocenters. The van der Waals surface area contributed by atoms with Gasteiger partial charge in [-0.2, -0.15) is 19.3 Å². The van der Waals surface area contributed by atoms with Crippen molar-refractivity contribution < 1.29 is 9.13 Å². The summed E-state index contributed by atoms with van der Waals surface area (Å²) in [6.07, 6.45) is 8.84. The summed E-state index contributed by atoms with van der Waals surface area (Å²) in [5.74, 6) is 0.880. The molecule has 0 spiro atoms. The van der Waals surface area contributed by atoms with Crippen molar-refractivity contribution in [3.8, 4) is 5.75 Å². The molecule has 2 heterocycles. The molecule has 0 amide bonds. The Morgan fingerprint density at radius 1 is 0.971 bits per heavy atom. The molecule has 1 saturated heterocycles. The van der Waals surface area contributed by atoms with Gasteiger partial charge in [0.1, 0.15) is 5.75 Å². The smallest absolute Gasteiger partial charge is 0.242 e. The highest BCUT2D eigenvalue weighted by molar-refractivity contribution is 5.57. The van der Waals surface area contributed by atoms with Gasteiger partial charge in [-0.1, -0.05) is 32.3 Å². The molecular weight excluding hydrogens is 445 g/mol. The zero-order valence-corrected chi connectivity index (χ0v) is 21.3. The Balaban J connectivity index is 1.48. The van der Waals surface area contributed by atoms with E-state index >= 15 is 0 Å². The Labute approximate surface area is 208 Å². The van der Waals surface area contributed by atoms with Crippen LogP contribution < -0.4 is 20.7 Å². The molecule has 1 aromatic carbocycles. The third-order valence-electron chi connectivity index (χ3n) is 6.76. The van der Waals surface area contributed by atoms with Gasteiger partial charge in [0.2, 0.25) is 23.7 Å². The molecule has 8 nitrogen and oxygen atoms in total. The van der Waals surface area contributed by atoms with Crippen LogP contribution in [0.5, 0.6) is 5.75 Å². The van der Waals surface area contributed by atoms with E-state index in [-0.39, 0.29) is 0 Å². The largest absolute Gasteiger partial charge is 0.458 e. The van der Waals surface area contributed by atoms with Crippen molar-refractivity contribution in [2.45, 2.75) is 77.6 Å². The van der Waals surface area contributed by atoms with E-state index in [4.69, 9.17) is 4.74 Å². The third kappa shape index (κ3) is 7.92. The van der Waals surface area contributed by atoms with Gasteiger partial charge in [-0.3, -0.25) is 4.90 Å². The molecule has 2 fully saturated rings. The average molecular weight is 486 g/mol. The Morgan fingerprint density at radius 2 is 1.69 bits per heavy atom.